The molecule has 12 heavy (non-hydrogen) atoms. The Bertz CT molecular complexity index is 276. The molecule has 1 saturated heterocycles. The molecule has 0 radical (unpaired) electrons. The highest BCUT2D eigenvalue weighted by molar-refractivity contribution is 5.70. The lowest BCUT2D eigenvalue weighted by atomic mass is 10.1. The number of aromatic nitrogens is 1. The standard InChI is InChI=1S/C8H9NO3/c10-3-7-5-12-8(9-7)6-1-2-11-4-6/h3,5-6H,1-2,4H2. The summed E-state index contributed by atoms with van der Waals surface area (Å²) < 4.78 is 10.3. The Hall–Kier alpha value is -1.16. The molecule has 0 aliphatic carbocycles. The minimum absolute atomic E-state index is 0.235. The highest BCUT2D eigenvalue weighted by Gasteiger charge is 2.22. The fraction of sp³-hybridized carbons (Fsp3) is 0.500. The van der Waals surface area contributed by atoms with Crippen LogP contribution in [-0.4, -0.2) is 24.5 Å². The van der Waals surface area contributed by atoms with E-state index in [0.29, 0.717) is 24.5 Å². The molecule has 1 aliphatic rings. The van der Waals surface area contributed by atoms with Crippen LogP contribution in [0, 0.1) is 0 Å². The molecular formula is C8H9NO3. The number of aldehydes is 1. The lowest BCUT2D eigenvalue weighted by molar-refractivity contribution is 0.111. The van der Waals surface area contributed by atoms with E-state index in [1.165, 1.54) is 6.26 Å². The van der Waals surface area contributed by atoms with E-state index in [0.717, 1.165) is 13.0 Å². The normalized spacial score (nSPS) is 22.8. The second-order valence-corrected chi connectivity index (χ2v) is 2.79. The fourth-order valence-electron chi connectivity index (χ4n) is 1.27. The van der Waals surface area contributed by atoms with Crippen molar-refractivity contribution in [2.45, 2.75) is 12.3 Å². The summed E-state index contributed by atoms with van der Waals surface area (Å²) in [5.41, 5.74) is 0.358. The number of carbonyl (C=O) groups is 1. The summed E-state index contributed by atoms with van der Waals surface area (Å²) in [4.78, 5) is 14.3. The minimum Gasteiger partial charge on any atom is -0.448 e. The van der Waals surface area contributed by atoms with Crippen molar-refractivity contribution in [1.29, 1.82) is 0 Å². The molecule has 1 unspecified atom stereocenters. The van der Waals surface area contributed by atoms with Gasteiger partial charge >= 0.3 is 0 Å². The molecule has 1 atom stereocenters. The van der Waals surface area contributed by atoms with Crippen LogP contribution in [0.2, 0.25) is 0 Å². The molecule has 0 bridgehead atoms. The van der Waals surface area contributed by atoms with Crippen molar-refractivity contribution in [3.05, 3.63) is 17.8 Å². The van der Waals surface area contributed by atoms with E-state index < -0.39 is 0 Å². The molecule has 0 spiro atoms. The highest BCUT2D eigenvalue weighted by atomic mass is 16.5. The van der Waals surface area contributed by atoms with E-state index in [-0.39, 0.29) is 5.92 Å². The zero-order valence-electron chi connectivity index (χ0n) is 6.53. The number of hydrogen-bond donors (Lipinski definition) is 0. The first kappa shape index (κ1) is 7.49. The molecule has 2 heterocycles. The number of ether oxygens (including phenoxy) is 1. The summed E-state index contributed by atoms with van der Waals surface area (Å²) in [7, 11) is 0. The second kappa shape index (κ2) is 3.06. The SMILES string of the molecule is O=Cc1coc(C2CCOC2)n1. The van der Waals surface area contributed by atoms with Gasteiger partial charge in [0.2, 0.25) is 0 Å². The van der Waals surface area contributed by atoms with Gasteiger partial charge in [0, 0.05) is 6.61 Å². The molecule has 2 rings (SSSR count). The Morgan fingerprint density at radius 3 is 3.17 bits per heavy atom. The van der Waals surface area contributed by atoms with Crippen molar-refractivity contribution < 1.29 is 13.9 Å². The summed E-state index contributed by atoms with van der Waals surface area (Å²) in [5, 5.41) is 0. The highest BCUT2D eigenvalue weighted by Crippen LogP contribution is 2.23. The maximum Gasteiger partial charge on any atom is 0.200 e. The number of nitrogens with zero attached hydrogens (tertiary/aromatic N) is 1. The van der Waals surface area contributed by atoms with Gasteiger partial charge in [-0.15, -0.1) is 0 Å². The summed E-state index contributed by atoms with van der Waals surface area (Å²) >= 11 is 0. The quantitative estimate of drug-likeness (QED) is 0.616. The maximum atomic E-state index is 10.3. The molecule has 1 aliphatic heterocycles. The van der Waals surface area contributed by atoms with E-state index >= 15 is 0 Å². The fourth-order valence-corrected chi connectivity index (χ4v) is 1.27. The topological polar surface area (TPSA) is 52.3 Å². The molecule has 1 fully saturated rings. The Morgan fingerprint density at radius 2 is 2.58 bits per heavy atom. The van der Waals surface area contributed by atoms with Crippen LogP contribution >= 0.6 is 0 Å². The second-order valence-electron chi connectivity index (χ2n) is 2.79. The van der Waals surface area contributed by atoms with E-state index in [4.69, 9.17) is 9.15 Å². The summed E-state index contributed by atoms with van der Waals surface area (Å²) in [5.74, 6) is 0.855. The van der Waals surface area contributed by atoms with Crippen molar-refractivity contribution in [3.63, 3.8) is 0 Å². The van der Waals surface area contributed by atoms with Gasteiger partial charge in [0.15, 0.2) is 12.2 Å². The predicted octanol–water partition coefficient (Wildman–Crippen LogP) is 0.991. The molecule has 0 saturated carbocycles. The molecule has 1 aromatic rings. The van der Waals surface area contributed by atoms with E-state index in [1.54, 1.807) is 0 Å². The molecule has 0 amide bonds. The van der Waals surface area contributed by atoms with Crippen LogP contribution < -0.4 is 0 Å². The van der Waals surface area contributed by atoms with Gasteiger partial charge in [-0.25, -0.2) is 4.98 Å². The van der Waals surface area contributed by atoms with Gasteiger partial charge in [-0.2, -0.15) is 0 Å². The molecule has 64 valence electrons. The van der Waals surface area contributed by atoms with Crippen molar-refractivity contribution in [2.24, 2.45) is 0 Å². The van der Waals surface area contributed by atoms with Crippen LogP contribution in [0.5, 0.6) is 0 Å². The van der Waals surface area contributed by atoms with Crippen molar-refractivity contribution >= 4 is 6.29 Å². The van der Waals surface area contributed by atoms with E-state index in [2.05, 4.69) is 4.98 Å². The molecule has 1 aromatic heterocycles. The zero-order valence-corrected chi connectivity index (χ0v) is 6.53. The lowest BCUT2D eigenvalue weighted by Crippen LogP contribution is -1.97. The average molecular weight is 167 g/mol. The smallest absolute Gasteiger partial charge is 0.200 e. The van der Waals surface area contributed by atoms with Crippen LogP contribution in [0.3, 0.4) is 0 Å². The molecule has 0 aromatic carbocycles. The van der Waals surface area contributed by atoms with Gasteiger partial charge in [-0.05, 0) is 6.42 Å². The van der Waals surface area contributed by atoms with Gasteiger partial charge in [0.1, 0.15) is 12.0 Å². The van der Waals surface area contributed by atoms with Crippen LogP contribution in [0.4, 0.5) is 0 Å². The van der Waals surface area contributed by atoms with Crippen LogP contribution in [-0.2, 0) is 4.74 Å². The van der Waals surface area contributed by atoms with Crippen LogP contribution in [0.25, 0.3) is 0 Å². The third-order valence-electron chi connectivity index (χ3n) is 1.94. The first-order valence-corrected chi connectivity index (χ1v) is 3.88. The first-order chi connectivity index (χ1) is 5.90. The lowest BCUT2D eigenvalue weighted by Gasteiger charge is -1.98. The summed E-state index contributed by atoms with van der Waals surface area (Å²) in [6.07, 6.45) is 2.99. The molecular weight excluding hydrogens is 158 g/mol. The van der Waals surface area contributed by atoms with Crippen LogP contribution in [0.1, 0.15) is 28.7 Å². The Labute approximate surface area is 69.5 Å². The van der Waals surface area contributed by atoms with Gasteiger partial charge < -0.3 is 9.15 Å². The van der Waals surface area contributed by atoms with Gasteiger partial charge in [0.05, 0.1) is 12.5 Å². The van der Waals surface area contributed by atoms with E-state index in [9.17, 15) is 4.79 Å². The molecule has 0 N–H and O–H groups in total. The number of oxazole rings is 1. The Kier molecular flexibility index (Phi) is 1.91. The minimum atomic E-state index is 0.235. The third kappa shape index (κ3) is 1.25. The predicted molar refractivity (Wildman–Crippen MR) is 40.1 cm³/mol. The Balaban J connectivity index is 2.16. The molecule has 4 heteroatoms. The molecule has 4 nitrogen and oxygen atoms in total. The average Bonchev–Trinajstić information content (AvgIpc) is 2.75. The van der Waals surface area contributed by atoms with Crippen LogP contribution in [0.15, 0.2) is 10.7 Å². The maximum absolute atomic E-state index is 10.3. The van der Waals surface area contributed by atoms with Gasteiger partial charge in [-0.3, -0.25) is 4.79 Å². The number of rotatable bonds is 2. The van der Waals surface area contributed by atoms with Gasteiger partial charge in [-0.1, -0.05) is 0 Å². The van der Waals surface area contributed by atoms with E-state index in [1.807, 2.05) is 0 Å². The third-order valence-corrected chi connectivity index (χ3v) is 1.94. The van der Waals surface area contributed by atoms with Crippen molar-refractivity contribution in [2.75, 3.05) is 13.2 Å². The zero-order chi connectivity index (χ0) is 8.39. The number of hydrogen-bond acceptors (Lipinski definition) is 4. The van der Waals surface area contributed by atoms with Gasteiger partial charge in [0.25, 0.3) is 0 Å². The number of carbonyl (C=O) groups excluding carboxylic acids is 1. The largest absolute Gasteiger partial charge is 0.448 e. The van der Waals surface area contributed by atoms with Crippen molar-refractivity contribution in [1.82, 2.24) is 4.98 Å². The summed E-state index contributed by atoms with van der Waals surface area (Å²) in [6, 6.07) is 0. The van der Waals surface area contributed by atoms with Crippen molar-refractivity contribution in [3.8, 4) is 0 Å². The first-order valence-electron chi connectivity index (χ1n) is 3.88. The monoisotopic (exact) mass is 167 g/mol. The Morgan fingerprint density at radius 1 is 1.67 bits per heavy atom. The summed E-state index contributed by atoms with van der Waals surface area (Å²) in [6.45, 7) is 1.41.